The number of aryl methyl sites for hydroxylation is 1. The molecule has 2 saturated carbocycles. The first-order chi connectivity index (χ1) is 14.9. The predicted molar refractivity (Wildman–Crippen MR) is 108 cm³/mol. The van der Waals surface area contributed by atoms with E-state index in [0.29, 0.717) is 24.2 Å². The largest absolute Gasteiger partial charge is 0.496 e. The van der Waals surface area contributed by atoms with Gasteiger partial charge in [-0.1, -0.05) is 18.2 Å². The van der Waals surface area contributed by atoms with E-state index in [-0.39, 0.29) is 18.2 Å². The lowest BCUT2D eigenvalue weighted by Gasteiger charge is -2.43. The van der Waals surface area contributed by atoms with Crippen molar-refractivity contribution in [2.24, 2.45) is 5.92 Å². The van der Waals surface area contributed by atoms with Crippen LogP contribution in [0.4, 0.5) is 0 Å². The van der Waals surface area contributed by atoms with Gasteiger partial charge >= 0.3 is 0 Å². The number of ether oxygens (including phenoxy) is 2. The van der Waals surface area contributed by atoms with Crippen LogP contribution in [0.5, 0.6) is 11.5 Å². The highest BCUT2D eigenvalue weighted by molar-refractivity contribution is 5.54. The van der Waals surface area contributed by atoms with Crippen LogP contribution in [-0.4, -0.2) is 27.8 Å². The molecule has 1 aromatic carbocycles. The van der Waals surface area contributed by atoms with Gasteiger partial charge in [0.05, 0.1) is 21.3 Å². The molecule has 2 aliphatic carbocycles. The number of hydrogen-bond acceptors (Lipinski definition) is 5. The molecule has 148 valence electrons. The second-order valence-corrected chi connectivity index (χ2v) is 8.15. The molecule has 2 heterocycles. The van der Waals surface area contributed by atoms with Gasteiger partial charge in [0.2, 0.25) is 0 Å². The topological polar surface area (TPSA) is 72.4 Å². The minimum Gasteiger partial charge on any atom is -0.496 e. The van der Waals surface area contributed by atoms with Crippen molar-refractivity contribution in [3.8, 4) is 17.6 Å². The molecule has 2 aliphatic rings. The van der Waals surface area contributed by atoms with Gasteiger partial charge in [-0.05, 0) is 37.8 Å². The molecule has 0 atom stereocenters. The van der Waals surface area contributed by atoms with Crippen LogP contribution in [0.25, 0.3) is 5.65 Å². The van der Waals surface area contributed by atoms with E-state index in [2.05, 4.69) is 16.3 Å². The summed E-state index contributed by atoms with van der Waals surface area (Å²) in [5.41, 5.74) is 1.53. The Balaban J connectivity index is 1.37. The number of pyridine rings is 1. The van der Waals surface area contributed by atoms with Gasteiger partial charge in [-0.25, -0.2) is 0 Å². The summed E-state index contributed by atoms with van der Waals surface area (Å²) in [7, 11) is 1.49. The maximum Gasteiger partial charge on any atom is 0.167 e. The quantitative estimate of drug-likeness (QED) is 0.634. The van der Waals surface area contributed by atoms with Gasteiger partial charge in [-0.2, -0.15) is 5.26 Å². The molecule has 0 radical (unpaired) electrons. The zero-order chi connectivity index (χ0) is 21.8. The van der Waals surface area contributed by atoms with Gasteiger partial charge in [0.1, 0.15) is 23.4 Å². The molecule has 0 N–H and O–H groups in total. The lowest BCUT2D eigenvalue weighted by Crippen LogP contribution is -2.46. The molecule has 0 bridgehead atoms. The molecule has 3 aromatic rings. The molecule has 5 rings (SSSR count). The van der Waals surface area contributed by atoms with Gasteiger partial charge in [-0.3, -0.25) is 4.40 Å². The number of nitrogens with zero attached hydrogens (tertiary/aromatic N) is 4. The summed E-state index contributed by atoms with van der Waals surface area (Å²) >= 11 is 0. The summed E-state index contributed by atoms with van der Waals surface area (Å²) in [6, 6.07) is 7.72. The third-order valence-electron chi connectivity index (χ3n) is 6.15. The highest BCUT2D eigenvalue weighted by Crippen LogP contribution is 2.48. The summed E-state index contributed by atoms with van der Waals surface area (Å²) in [5, 5.41) is 18.7. The van der Waals surface area contributed by atoms with E-state index in [0.717, 1.165) is 35.1 Å². The number of aromatic nitrogens is 3. The zero-order valence-corrected chi connectivity index (χ0v) is 16.6. The molecule has 2 aromatic heterocycles. The normalized spacial score (nSPS) is 24.4. The van der Waals surface area contributed by atoms with E-state index in [9.17, 15) is 5.26 Å². The number of methoxy groups -OCH3 is 1. The van der Waals surface area contributed by atoms with E-state index >= 15 is 0 Å². The van der Waals surface area contributed by atoms with Crippen LogP contribution >= 0.6 is 0 Å². The Morgan fingerprint density at radius 3 is 2.86 bits per heavy atom. The van der Waals surface area contributed by atoms with Gasteiger partial charge in [0.25, 0.3) is 0 Å². The van der Waals surface area contributed by atoms with Crippen molar-refractivity contribution in [2.45, 2.75) is 50.5 Å². The van der Waals surface area contributed by atoms with Crippen LogP contribution in [0.3, 0.4) is 0 Å². The Kier molecular flexibility index (Phi) is 3.69. The van der Waals surface area contributed by atoms with E-state index < -0.39 is 5.41 Å². The van der Waals surface area contributed by atoms with Crippen LogP contribution < -0.4 is 9.47 Å². The Morgan fingerprint density at radius 2 is 2.14 bits per heavy atom. The fraction of sp³-hybridized carbons (Fsp3) is 0.435. The van der Waals surface area contributed by atoms with Crippen LogP contribution in [0.15, 0.2) is 36.5 Å². The van der Waals surface area contributed by atoms with Crippen molar-refractivity contribution in [2.75, 3.05) is 7.11 Å². The second kappa shape index (κ2) is 6.77. The predicted octanol–water partition coefficient (Wildman–Crippen LogP) is 4.00. The third-order valence-corrected chi connectivity index (χ3v) is 6.15. The molecular formula is C23H24N4O2. The summed E-state index contributed by atoms with van der Waals surface area (Å²) < 4.78 is 29.7. The van der Waals surface area contributed by atoms with Crippen LogP contribution in [0.1, 0.15) is 45.4 Å². The minimum absolute atomic E-state index is 0.124. The van der Waals surface area contributed by atoms with Crippen molar-refractivity contribution < 1.29 is 12.2 Å². The summed E-state index contributed by atoms with van der Waals surface area (Å²) in [5.74, 6) is 2.84. The number of hydrogen-bond donors (Lipinski definition) is 0. The highest BCUT2D eigenvalue weighted by Gasteiger charge is 2.49. The van der Waals surface area contributed by atoms with Crippen LogP contribution in [0, 0.1) is 24.2 Å². The average Bonchev–Trinajstić information content (AvgIpc) is 3.44. The molecule has 29 heavy (non-hydrogen) atoms. The standard InChI is InChI=1S/C23H24N4O2/c1-15-19(9-10-27-21(11-16-7-8-16)25-26-22(15)27)29-17-12-23(13-17,14-24)18-5-3-4-6-20(18)28-2/h3-6,9-10,16-17H,7-8,11-13H2,1-2H3/i3T,6T. The van der Waals surface area contributed by atoms with Crippen molar-refractivity contribution >= 4 is 5.65 Å². The Morgan fingerprint density at radius 1 is 1.31 bits per heavy atom. The number of benzene rings is 1. The zero-order valence-electron chi connectivity index (χ0n) is 18.6. The van der Waals surface area contributed by atoms with Crippen molar-refractivity contribution in [3.05, 3.63) is 53.4 Å². The number of para-hydroxylation sites is 1. The lowest BCUT2D eigenvalue weighted by molar-refractivity contribution is 0.0650. The molecule has 0 aliphatic heterocycles. The summed E-state index contributed by atoms with van der Waals surface area (Å²) in [4.78, 5) is 0. The number of nitriles is 1. The average molecular weight is 392 g/mol. The van der Waals surface area contributed by atoms with Gasteiger partial charge in [-0.15, -0.1) is 10.2 Å². The fourth-order valence-corrected chi connectivity index (χ4v) is 4.21. The minimum atomic E-state index is -0.812. The van der Waals surface area contributed by atoms with Gasteiger partial charge in [0.15, 0.2) is 5.65 Å². The van der Waals surface area contributed by atoms with Gasteiger partial charge in [0, 0.05) is 36.6 Å². The Labute approximate surface area is 172 Å². The molecule has 0 amide bonds. The highest BCUT2D eigenvalue weighted by atomic mass is 16.5. The van der Waals surface area contributed by atoms with Crippen LogP contribution in [0.2, 0.25) is 0 Å². The maximum atomic E-state index is 9.95. The molecule has 2 fully saturated rings. The second-order valence-electron chi connectivity index (χ2n) is 8.15. The van der Waals surface area contributed by atoms with E-state index in [4.69, 9.17) is 12.2 Å². The maximum absolute atomic E-state index is 9.95. The fourth-order valence-electron chi connectivity index (χ4n) is 4.21. The van der Waals surface area contributed by atoms with Gasteiger partial charge < -0.3 is 9.47 Å². The SMILES string of the molecule is [3H]c1cc([3H])c(OC)c(C2(C#N)CC(Oc3ccn4c(CC5CC5)nnc4c3C)C2)c1. The molecule has 0 saturated heterocycles. The first-order valence-corrected chi connectivity index (χ1v) is 10.0. The van der Waals surface area contributed by atoms with Crippen molar-refractivity contribution in [1.29, 1.82) is 5.26 Å². The van der Waals surface area contributed by atoms with Crippen LogP contribution in [-0.2, 0) is 11.8 Å². The van der Waals surface area contributed by atoms with E-state index in [1.807, 2.05) is 23.6 Å². The lowest BCUT2D eigenvalue weighted by atomic mass is 9.63. The molecule has 0 spiro atoms. The smallest absolute Gasteiger partial charge is 0.167 e. The molecule has 0 unspecified atom stereocenters. The molecular weight excluding hydrogens is 364 g/mol. The Bertz CT molecular complexity index is 1210. The van der Waals surface area contributed by atoms with E-state index in [1.165, 1.54) is 26.0 Å². The summed E-state index contributed by atoms with van der Waals surface area (Å²) in [6.07, 6.45) is 6.29. The number of fused-ring (bicyclic) bond motifs is 1. The Hall–Kier alpha value is -3.07. The van der Waals surface area contributed by atoms with E-state index in [1.54, 1.807) is 6.07 Å². The van der Waals surface area contributed by atoms with Crippen molar-refractivity contribution in [1.82, 2.24) is 14.6 Å². The molecule has 6 nitrogen and oxygen atoms in total. The molecule has 6 heteroatoms. The van der Waals surface area contributed by atoms with Crippen molar-refractivity contribution in [3.63, 3.8) is 0 Å². The third kappa shape index (κ3) is 3.02. The first-order valence-electron chi connectivity index (χ1n) is 11.0. The number of rotatable bonds is 6. The monoisotopic (exact) mass is 392 g/mol. The summed E-state index contributed by atoms with van der Waals surface area (Å²) in [6.45, 7) is 1.98. The first kappa shape index (κ1) is 15.8.